The van der Waals surface area contributed by atoms with E-state index in [2.05, 4.69) is 4.98 Å². The molecule has 0 aliphatic carbocycles. The van der Waals surface area contributed by atoms with Gasteiger partial charge in [-0.2, -0.15) is 11.8 Å². The molecule has 0 aliphatic heterocycles. The van der Waals surface area contributed by atoms with Crippen molar-refractivity contribution in [3.8, 4) is 0 Å². The van der Waals surface area contributed by atoms with Gasteiger partial charge in [0.25, 0.3) is 0 Å². The highest BCUT2D eigenvalue weighted by atomic mass is 32.2. The van der Waals surface area contributed by atoms with Gasteiger partial charge in [0, 0.05) is 11.9 Å². The quantitative estimate of drug-likeness (QED) is 0.711. The number of hydrogen-bond donors (Lipinski definition) is 2. The molecule has 0 spiro atoms. The number of carboxylic acids is 1. The topological polar surface area (TPSA) is 76.2 Å². The average molecular weight is 226 g/mol. The van der Waals surface area contributed by atoms with Crippen molar-refractivity contribution in [3.05, 3.63) is 30.1 Å². The molecule has 15 heavy (non-hydrogen) atoms. The van der Waals surface area contributed by atoms with Crippen LogP contribution in [-0.4, -0.2) is 27.9 Å². The van der Waals surface area contributed by atoms with Crippen molar-refractivity contribution in [1.29, 1.82) is 0 Å². The van der Waals surface area contributed by atoms with Crippen LogP contribution in [0.3, 0.4) is 0 Å². The Morgan fingerprint density at radius 2 is 2.40 bits per heavy atom. The van der Waals surface area contributed by atoms with Gasteiger partial charge >= 0.3 is 5.97 Å². The van der Waals surface area contributed by atoms with Crippen molar-refractivity contribution < 1.29 is 9.90 Å². The fourth-order valence-corrected chi connectivity index (χ4v) is 1.94. The third kappa shape index (κ3) is 4.80. The van der Waals surface area contributed by atoms with Crippen molar-refractivity contribution in [2.75, 3.05) is 5.75 Å². The zero-order valence-electron chi connectivity index (χ0n) is 8.30. The summed E-state index contributed by atoms with van der Waals surface area (Å²) in [5.74, 6) is 0.602. The minimum absolute atomic E-state index is 0.493. The van der Waals surface area contributed by atoms with Crippen LogP contribution in [0.4, 0.5) is 0 Å². The molecular weight excluding hydrogens is 212 g/mol. The lowest BCUT2D eigenvalue weighted by molar-refractivity contribution is -0.138. The van der Waals surface area contributed by atoms with Crippen LogP contribution >= 0.6 is 11.8 Å². The normalized spacial score (nSPS) is 12.3. The van der Waals surface area contributed by atoms with Crippen LogP contribution in [0.1, 0.15) is 12.1 Å². The van der Waals surface area contributed by atoms with E-state index < -0.39 is 12.0 Å². The molecule has 5 heteroatoms. The van der Waals surface area contributed by atoms with E-state index in [-0.39, 0.29) is 0 Å². The molecule has 3 N–H and O–H groups in total. The van der Waals surface area contributed by atoms with Gasteiger partial charge in [-0.25, -0.2) is 0 Å². The van der Waals surface area contributed by atoms with Gasteiger partial charge in [-0.15, -0.1) is 0 Å². The van der Waals surface area contributed by atoms with E-state index in [0.29, 0.717) is 6.42 Å². The van der Waals surface area contributed by atoms with Crippen LogP contribution < -0.4 is 5.73 Å². The SMILES string of the molecule is NC(CCSCc1ccccn1)C(=O)O. The van der Waals surface area contributed by atoms with Crippen molar-refractivity contribution in [1.82, 2.24) is 4.98 Å². The van der Waals surface area contributed by atoms with Gasteiger partial charge in [-0.05, 0) is 24.3 Å². The Kier molecular flexibility index (Phi) is 5.14. The van der Waals surface area contributed by atoms with Gasteiger partial charge in [0.05, 0.1) is 5.69 Å². The van der Waals surface area contributed by atoms with Gasteiger partial charge in [0.1, 0.15) is 6.04 Å². The van der Waals surface area contributed by atoms with E-state index in [1.54, 1.807) is 18.0 Å². The highest BCUT2D eigenvalue weighted by Crippen LogP contribution is 2.11. The molecule has 1 aromatic heterocycles. The minimum atomic E-state index is -0.937. The van der Waals surface area contributed by atoms with E-state index in [4.69, 9.17) is 10.8 Å². The number of carboxylic acid groups (broad SMARTS) is 1. The van der Waals surface area contributed by atoms with Gasteiger partial charge in [-0.3, -0.25) is 9.78 Å². The smallest absolute Gasteiger partial charge is 0.320 e. The molecule has 0 saturated heterocycles. The number of nitrogens with two attached hydrogens (primary N) is 1. The molecule has 0 saturated carbocycles. The summed E-state index contributed by atoms with van der Waals surface area (Å²) in [4.78, 5) is 14.6. The second kappa shape index (κ2) is 6.42. The number of nitrogens with zero attached hydrogens (tertiary/aromatic N) is 1. The molecule has 1 unspecified atom stereocenters. The number of thioether (sulfide) groups is 1. The zero-order chi connectivity index (χ0) is 11.1. The summed E-state index contributed by atoms with van der Waals surface area (Å²) in [6, 6.07) is 5.01. The number of carbonyl (C=O) groups is 1. The zero-order valence-corrected chi connectivity index (χ0v) is 9.11. The number of aromatic nitrogens is 1. The maximum Gasteiger partial charge on any atom is 0.320 e. The first-order valence-electron chi connectivity index (χ1n) is 4.66. The maximum absolute atomic E-state index is 10.4. The van der Waals surface area contributed by atoms with Gasteiger partial charge in [0.2, 0.25) is 0 Å². The molecule has 1 aromatic rings. The van der Waals surface area contributed by atoms with Crippen LogP contribution in [0.25, 0.3) is 0 Å². The molecule has 4 nitrogen and oxygen atoms in total. The number of aliphatic carboxylic acids is 1. The Morgan fingerprint density at radius 3 is 3.00 bits per heavy atom. The molecule has 0 radical (unpaired) electrons. The standard InChI is InChI=1S/C10H14N2O2S/c11-9(10(13)14)4-6-15-7-8-3-1-2-5-12-8/h1-3,5,9H,4,6-7,11H2,(H,13,14). The molecule has 0 aromatic carbocycles. The van der Waals surface area contributed by atoms with Crippen LogP contribution in [0.2, 0.25) is 0 Å². The van der Waals surface area contributed by atoms with Crippen LogP contribution in [0.5, 0.6) is 0 Å². The second-order valence-electron chi connectivity index (χ2n) is 3.11. The van der Waals surface area contributed by atoms with Crippen LogP contribution in [0.15, 0.2) is 24.4 Å². The lowest BCUT2D eigenvalue weighted by Crippen LogP contribution is -2.30. The Balaban J connectivity index is 2.15. The first-order chi connectivity index (χ1) is 7.20. The Morgan fingerprint density at radius 1 is 1.60 bits per heavy atom. The summed E-state index contributed by atoms with van der Waals surface area (Å²) in [5, 5.41) is 8.55. The molecule has 1 atom stereocenters. The maximum atomic E-state index is 10.4. The van der Waals surface area contributed by atoms with E-state index in [0.717, 1.165) is 17.2 Å². The van der Waals surface area contributed by atoms with Crippen LogP contribution in [0, 0.1) is 0 Å². The molecule has 0 amide bonds. The number of hydrogen-bond acceptors (Lipinski definition) is 4. The Labute approximate surface area is 92.9 Å². The number of rotatable bonds is 6. The first-order valence-corrected chi connectivity index (χ1v) is 5.81. The number of pyridine rings is 1. The summed E-state index contributed by atoms with van der Waals surface area (Å²) in [6.07, 6.45) is 2.24. The Bertz CT molecular complexity index is 306. The fourth-order valence-electron chi connectivity index (χ4n) is 0.994. The molecular formula is C10H14N2O2S. The molecule has 0 fully saturated rings. The fraction of sp³-hybridized carbons (Fsp3) is 0.400. The summed E-state index contributed by atoms with van der Waals surface area (Å²) < 4.78 is 0. The molecule has 1 rings (SSSR count). The summed E-state index contributed by atoms with van der Waals surface area (Å²) in [5.41, 5.74) is 6.37. The van der Waals surface area contributed by atoms with Crippen molar-refractivity contribution in [2.45, 2.75) is 18.2 Å². The highest BCUT2D eigenvalue weighted by molar-refractivity contribution is 7.98. The lowest BCUT2D eigenvalue weighted by Gasteiger charge is -2.05. The van der Waals surface area contributed by atoms with E-state index in [1.165, 1.54) is 0 Å². The summed E-state index contributed by atoms with van der Waals surface area (Å²) in [7, 11) is 0. The Hall–Kier alpha value is -1.07. The van der Waals surface area contributed by atoms with Crippen molar-refractivity contribution >= 4 is 17.7 Å². The lowest BCUT2D eigenvalue weighted by atomic mass is 10.2. The summed E-state index contributed by atoms with van der Waals surface area (Å²) >= 11 is 1.65. The molecule has 82 valence electrons. The van der Waals surface area contributed by atoms with E-state index in [9.17, 15) is 4.79 Å². The van der Waals surface area contributed by atoms with E-state index >= 15 is 0 Å². The largest absolute Gasteiger partial charge is 0.480 e. The van der Waals surface area contributed by atoms with Gasteiger partial charge < -0.3 is 10.8 Å². The van der Waals surface area contributed by atoms with E-state index in [1.807, 2.05) is 18.2 Å². The molecule has 0 aliphatic rings. The third-order valence-electron chi connectivity index (χ3n) is 1.87. The van der Waals surface area contributed by atoms with Crippen molar-refractivity contribution in [3.63, 3.8) is 0 Å². The monoisotopic (exact) mass is 226 g/mol. The van der Waals surface area contributed by atoms with Crippen molar-refractivity contribution in [2.24, 2.45) is 5.73 Å². The van der Waals surface area contributed by atoms with Gasteiger partial charge in [0.15, 0.2) is 0 Å². The highest BCUT2D eigenvalue weighted by Gasteiger charge is 2.10. The third-order valence-corrected chi connectivity index (χ3v) is 2.89. The summed E-state index contributed by atoms with van der Waals surface area (Å²) in [6.45, 7) is 0. The average Bonchev–Trinajstić information content (AvgIpc) is 2.25. The molecule has 0 bridgehead atoms. The van der Waals surface area contributed by atoms with Crippen LogP contribution in [-0.2, 0) is 10.5 Å². The first kappa shape index (κ1) is 12.0. The molecule has 1 heterocycles. The van der Waals surface area contributed by atoms with Gasteiger partial charge in [-0.1, -0.05) is 6.07 Å². The predicted octanol–water partition coefficient (Wildman–Crippen LogP) is 1.12. The minimum Gasteiger partial charge on any atom is -0.480 e. The second-order valence-corrected chi connectivity index (χ2v) is 4.21. The predicted molar refractivity (Wildman–Crippen MR) is 60.6 cm³/mol.